The Bertz CT molecular complexity index is 1540. The van der Waals surface area contributed by atoms with Gasteiger partial charge in [-0.2, -0.15) is 0 Å². The molecule has 3 heterocycles. The van der Waals surface area contributed by atoms with Gasteiger partial charge in [-0.15, -0.1) is 34.4 Å². The van der Waals surface area contributed by atoms with Gasteiger partial charge in [0.2, 0.25) is 5.91 Å². The number of carbonyl (C=O) groups is 1. The lowest BCUT2D eigenvalue weighted by Gasteiger charge is -2.27. The Balaban J connectivity index is 1.19. The molecule has 4 nitrogen and oxygen atoms in total. The average Bonchev–Trinajstić information content (AvgIpc) is 3.53. The molecule has 3 aromatic carbocycles. The van der Waals surface area contributed by atoms with Gasteiger partial charge in [0, 0.05) is 41.4 Å². The summed E-state index contributed by atoms with van der Waals surface area (Å²) >= 11 is 5.27. The molecule has 0 radical (unpaired) electrons. The highest BCUT2D eigenvalue weighted by Gasteiger charge is 2.27. The number of para-hydroxylation sites is 1. The van der Waals surface area contributed by atoms with Crippen LogP contribution in [0.5, 0.6) is 0 Å². The van der Waals surface area contributed by atoms with Crippen LogP contribution >= 0.6 is 34.4 Å². The van der Waals surface area contributed by atoms with E-state index in [1.807, 2.05) is 17.8 Å². The normalized spacial score (nSPS) is 13.5. The van der Waals surface area contributed by atoms with Crippen LogP contribution in [0.15, 0.2) is 83.8 Å². The van der Waals surface area contributed by atoms with Gasteiger partial charge in [0.25, 0.3) is 0 Å². The van der Waals surface area contributed by atoms with Gasteiger partial charge in [-0.25, -0.2) is 4.98 Å². The van der Waals surface area contributed by atoms with Gasteiger partial charge in [0.05, 0.1) is 10.2 Å². The van der Waals surface area contributed by atoms with E-state index < -0.39 is 0 Å². The first kappa shape index (κ1) is 26.3. The quantitative estimate of drug-likeness (QED) is 0.143. The van der Waals surface area contributed by atoms with E-state index in [4.69, 9.17) is 4.98 Å². The molecule has 0 unspecified atom stereocenters. The summed E-state index contributed by atoms with van der Waals surface area (Å²) in [7, 11) is 0. The number of hydrogen-bond acceptors (Lipinski definition) is 6. The second kappa shape index (κ2) is 12.0. The van der Waals surface area contributed by atoms with E-state index in [9.17, 15) is 4.79 Å². The fourth-order valence-corrected chi connectivity index (χ4v) is 8.24. The number of aromatic nitrogens is 1. The Kier molecular flexibility index (Phi) is 8.11. The van der Waals surface area contributed by atoms with Gasteiger partial charge < -0.3 is 5.32 Å². The fraction of sp³-hybridized carbons (Fsp3) is 0.250. The third-order valence-electron chi connectivity index (χ3n) is 6.98. The predicted molar refractivity (Wildman–Crippen MR) is 167 cm³/mol. The lowest BCUT2D eigenvalue weighted by molar-refractivity contribution is -0.116. The summed E-state index contributed by atoms with van der Waals surface area (Å²) in [4.78, 5) is 23.2. The number of fused-ring (bicyclic) bond motifs is 2. The van der Waals surface area contributed by atoms with Crippen molar-refractivity contribution >= 4 is 55.6 Å². The first-order valence-corrected chi connectivity index (χ1v) is 16.0. The van der Waals surface area contributed by atoms with Crippen molar-refractivity contribution in [3.63, 3.8) is 0 Å². The number of benzene rings is 3. The van der Waals surface area contributed by atoms with Crippen LogP contribution in [-0.4, -0.2) is 28.1 Å². The predicted octanol–water partition coefficient (Wildman–Crippen LogP) is 8.40. The zero-order valence-electron chi connectivity index (χ0n) is 22.0. The number of carbonyl (C=O) groups excluding carboxylic acids is 1. The number of nitrogens with zero attached hydrogens (tertiary/aromatic N) is 2. The fourth-order valence-electron chi connectivity index (χ4n) is 4.97. The van der Waals surface area contributed by atoms with Crippen LogP contribution in [0.25, 0.3) is 20.8 Å². The van der Waals surface area contributed by atoms with Gasteiger partial charge in [-0.05, 0) is 60.9 Å². The van der Waals surface area contributed by atoms with Crippen LogP contribution in [0.3, 0.4) is 0 Å². The van der Waals surface area contributed by atoms with Gasteiger partial charge in [-0.1, -0.05) is 60.2 Å². The summed E-state index contributed by atoms with van der Waals surface area (Å²) in [5, 5.41) is 5.26. The maximum Gasteiger partial charge on any atom is 0.225 e. The highest BCUT2D eigenvalue weighted by Crippen LogP contribution is 2.46. The van der Waals surface area contributed by atoms with E-state index in [-0.39, 0.29) is 5.91 Å². The minimum absolute atomic E-state index is 0.0848. The van der Waals surface area contributed by atoms with Gasteiger partial charge in [0.1, 0.15) is 10.0 Å². The second-order valence-corrected chi connectivity index (χ2v) is 13.3. The maximum atomic E-state index is 13.1. The van der Waals surface area contributed by atoms with E-state index in [1.54, 1.807) is 22.7 Å². The monoisotopic (exact) mass is 569 g/mol. The van der Waals surface area contributed by atoms with Crippen molar-refractivity contribution < 1.29 is 4.79 Å². The lowest BCUT2D eigenvalue weighted by atomic mass is 10.0. The van der Waals surface area contributed by atoms with Gasteiger partial charge in [0.15, 0.2) is 0 Å². The zero-order chi connectivity index (χ0) is 26.6. The summed E-state index contributed by atoms with van der Waals surface area (Å²) < 4.78 is 1.18. The molecule has 2 aromatic heterocycles. The number of thiazole rings is 1. The standard InChI is InChI=1S/C32H31N3OS3/c1-22-13-15-24(16-14-22)37-19-7-12-29(36)34-32-30(31-33-26-10-5-6-11-27(26)38-31)25-17-18-35(21-28(25)39-32)20-23-8-3-2-4-9-23/h2-6,8-11,13-16H,7,12,17-21H2,1H3,(H,34,36). The number of aryl methyl sites for hydroxylation is 1. The number of hydrogen-bond donors (Lipinski definition) is 1. The van der Waals surface area contributed by atoms with Crippen molar-refractivity contribution in [3.8, 4) is 10.6 Å². The molecule has 39 heavy (non-hydrogen) atoms. The van der Waals surface area contributed by atoms with Crippen LogP contribution in [0, 0.1) is 6.92 Å². The second-order valence-electron chi connectivity index (χ2n) is 9.95. The number of nitrogens with one attached hydrogen (secondary N) is 1. The molecule has 1 aliphatic rings. The Morgan fingerprint density at radius 3 is 2.62 bits per heavy atom. The van der Waals surface area contributed by atoms with E-state index in [0.717, 1.165) is 59.3 Å². The molecule has 0 aliphatic carbocycles. The van der Waals surface area contributed by atoms with Crippen LogP contribution in [0.2, 0.25) is 0 Å². The molecule has 0 saturated carbocycles. The third-order valence-corrected chi connectivity index (χ3v) is 10.3. The van der Waals surface area contributed by atoms with Crippen LogP contribution < -0.4 is 5.32 Å². The van der Waals surface area contributed by atoms with Crippen molar-refractivity contribution in [2.24, 2.45) is 0 Å². The van der Waals surface area contributed by atoms with Gasteiger partial charge >= 0.3 is 0 Å². The summed E-state index contributed by atoms with van der Waals surface area (Å²) in [6.07, 6.45) is 2.32. The molecular formula is C32H31N3OS3. The molecule has 1 aliphatic heterocycles. The topological polar surface area (TPSA) is 45.2 Å². The molecule has 198 valence electrons. The molecule has 0 spiro atoms. The van der Waals surface area contributed by atoms with Crippen LogP contribution in [0.4, 0.5) is 5.00 Å². The Morgan fingerprint density at radius 1 is 1.00 bits per heavy atom. The number of anilines is 1. The first-order valence-electron chi connectivity index (χ1n) is 13.4. The van der Waals surface area contributed by atoms with Gasteiger partial charge in [-0.3, -0.25) is 9.69 Å². The van der Waals surface area contributed by atoms with Crippen molar-refractivity contribution in [1.29, 1.82) is 0 Å². The highest BCUT2D eigenvalue weighted by atomic mass is 32.2. The Hall–Kier alpha value is -2.97. The van der Waals surface area contributed by atoms with Crippen molar-refractivity contribution in [1.82, 2.24) is 9.88 Å². The molecule has 0 atom stereocenters. The highest BCUT2D eigenvalue weighted by molar-refractivity contribution is 7.99. The van der Waals surface area contributed by atoms with Crippen LogP contribution in [0.1, 0.15) is 34.4 Å². The van der Waals surface area contributed by atoms with E-state index in [2.05, 4.69) is 89.9 Å². The number of thioether (sulfide) groups is 1. The molecule has 1 N–H and O–H groups in total. The molecule has 0 bridgehead atoms. The van der Waals surface area contributed by atoms with Crippen molar-refractivity contribution in [2.45, 2.75) is 44.2 Å². The largest absolute Gasteiger partial charge is 0.317 e. The molecule has 1 amide bonds. The Labute approximate surface area is 242 Å². The summed E-state index contributed by atoms with van der Waals surface area (Å²) in [6.45, 7) is 4.94. The van der Waals surface area contributed by atoms with Crippen molar-refractivity contribution in [2.75, 3.05) is 17.6 Å². The molecule has 0 fully saturated rings. The van der Waals surface area contributed by atoms with E-state index >= 15 is 0 Å². The van der Waals surface area contributed by atoms with E-state index in [0.29, 0.717) is 6.42 Å². The minimum Gasteiger partial charge on any atom is -0.317 e. The number of thiophene rings is 1. The zero-order valence-corrected chi connectivity index (χ0v) is 24.4. The summed E-state index contributed by atoms with van der Waals surface area (Å²) in [5.41, 5.74) is 6.11. The average molecular weight is 570 g/mol. The SMILES string of the molecule is Cc1ccc(SCCCC(=O)Nc2sc3c(c2-c2nc4ccccc4s2)CCN(Cc2ccccc2)C3)cc1. The molecule has 0 saturated heterocycles. The molecule has 7 heteroatoms. The molecular weight excluding hydrogens is 539 g/mol. The van der Waals surface area contributed by atoms with E-state index in [1.165, 1.54) is 31.2 Å². The number of rotatable bonds is 9. The summed E-state index contributed by atoms with van der Waals surface area (Å²) in [5.74, 6) is 1.01. The Morgan fingerprint density at radius 2 is 1.79 bits per heavy atom. The first-order chi connectivity index (χ1) is 19.1. The summed E-state index contributed by atoms with van der Waals surface area (Å²) in [6, 6.07) is 27.5. The maximum absolute atomic E-state index is 13.1. The number of amides is 1. The molecule has 6 rings (SSSR count). The third kappa shape index (κ3) is 6.28. The van der Waals surface area contributed by atoms with Crippen LogP contribution in [-0.2, 0) is 24.3 Å². The molecule has 5 aromatic rings. The lowest BCUT2D eigenvalue weighted by Crippen LogP contribution is -2.29. The smallest absolute Gasteiger partial charge is 0.225 e. The minimum atomic E-state index is 0.0848. The van der Waals surface area contributed by atoms with Crippen molar-refractivity contribution in [3.05, 3.63) is 100 Å².